The van der Waals surface area contributed by atoms with Gasteiger partial charge in [0.15, 0.2) is 0 Å². The molecule has 2 heterocycles. The van der Waals surface area contributed by atoms with E-state index in [1.54, 1.807) is 11.3 Å². The number of nitrogens with one attached hydrogen (secondary N) is 1. The Balaban J connectivity index is 1.51. The van der Waals surface area contributed by atoms with E-state index in [4.69, 9.17) is 9.72 Å². The van der Waals surface area contributed by atoms with Crippen LogP contribution in [0, 0.1) is 0 Å². The second kappa shape index (κ2) is 6.10. The summed E-state index contributed by atoms with van der Waals surface area (Å²) in [5, 5.41) is 6.96. The fourth-order valence-corrected chi connectivity index (χ4v) is 3.60. The van der Waals surface area contributed by atoms with Crippen molar-refractivity contribution in [2.75, 3.05) is 20.2 Å². The van der Waals surface area contributed by atoms with Crippen molar-refractivity contribution in [3.63, 3.8) is 0 Å². The minimum atomic E-state index is 0.0185. The highest BCUT2D eigenvalue weighted by molar-refractivity contribution is 7.09. The maximum atomic E-state index is 5.65. The number of piperidine rings is 1. The highest BCUT2D eigenvalue weighted by Crippen LogP contribution is 2.25. The van der Waals surface area contributed by atoms with Crippen LogP contribution in [-0.4, -0.2) is 41.7 Å². The van der Waals surface area contributed by atoms with Crippen molar-refractivity contribution in [1.29, 1.82) is 0 Å². The summed E-state index contributed by atoms with van der Waals surface area (Å²) < 4.78 is 5.65. The predicted molar refractivity (Wildman–Crippen MR) is 81.9 cm³/mol. The molecular weight excluding hydrogens is 270 g/mol. The Morgan fingerprint density at radius 1 is 1.55 bits per heavy atom. The summed E-state index contributed by atoms with van der Waals surface area (Å²) in [4.78, 5) is 7.22. The summed E-state index contributed by atoms with van der Waals surface area (Å²) in [6.07, 6.45) is 5.04. The van der Waals surface area contributed by atoms with Gasteiger partial charge in [0, 0.05) is 38.2 Å². The molecule has 112 valence electrons. The number of nitrogens with zero attached hydrogens (tertiary/aromatic N) is 2. The fraction of sp³-hybridized carbons (Fsp3) is 0.800. The molecule has 1 aliphatic heterocycles. The largest absolute Gasteiger partial charge is 0.377 e. The Bertz CT molecular complexity index is 446. The van der Waals surface area contributed by atoms with Crippen molar-refractivity contribution in [3.05, 3.63) is 16.1 Å². The molecule has 0 radical (unpaired) electrons. The van der Waals surface area contributed by atoms with Gasteiger partial charge in [0.1, 0.15) is 5.01 Å². The molecule has 0 spiro atoms. The van der Waals surface area contributed by atoms with E-state index >= 15 is 0 Å². The normalized spacial score (nSPS) is 27.9. The van der Waals surface area contributed by atoms with Gasteiger partial charge in [-0.15, -0.1) is 11.3 Å². The quantitative estimate of drug-likeness (QED) is 0.874. The molecule has 1 atom stereocenters. The summed E-state index contributed by atoms with van der Waals surface area (Å²) in [6.45, 7) is 6.28. The number of rotatable bonds is 6. The Labute approximate surface area is 125 Å². The van der Waals surface area contributed by atoms with E-state index in [1.165, 1.54) is 30.0 Å². The number of thiazole rings is 1. The van der Waals surface area contributed by atoms with Crippen LogP contribution in [0.2, 0.25) is 0 Å². The van der Waals surface area contributed by atoms with Gasteiger partial charge >= 0.3 is 0 Å². The van der Waals surface area contributed by atoms with Crippen LogP contribution >= 0.6 is 11.3 Å². The van der Waals surface area contributed by atoms with E-state index in [0.717, 1.165) is 38.6 Å². The van der Waals surface area contributed by atoms with Gasteiger partial charge in [-0.3, -0.25) is 4.90 Å². The molecule has 5 heteroatoms. The monoisotopic (exact) mass is 295 g/mol. The predicted octanol–water partition coefficient (Wildman–Crippen LogP) is 2.40. The highest BCUT2D eigenvalue weighted by atomic mass is 32.1. The zero-order chi connectivity index (χ0) is 14.0. The summed E-state index contributed by atoms with van der Waals surface area (Å²) in [7, 11) is 1.83. The van der Waals surface area contributed by atoms with Crippen molar-refractivity contribution >= 4 is 11.3 Å². The molecule has 4 nitrogen and oxygen atoms in total. The Hall–Kier alpha value is -0.490. The molecular formula is C15H25N3OS. The first kappa shape index (κ1) is 14.4. The minimum absolute atomic E-state index is 0.0185. The third kappa shape index (κ3) is 3.79. The third-order valence-corrected chi connectivity index (χ3v) is 5.23. The smallest absolute Gasteiger partial charge is 0.107 e. The minimum Gasteiger partial charge on any atom is -0.377 e. The molecule has 1 N–H and O–H groups in total. The second-order valence-corrected chi connectivity index (χ2v) is 7.30. The van der Waals surface area contributed by atoms with Crippen LogP contribution < -0.4 is 5.32 Å². The third-order valence-electron chi connectivity index (χ3n) is 4.34. The lowest BCUT2D eigenvalue weighted by atomic mass is 9.95. The number of aromatic nitrogens is 1. The lowest BCUT2D eigenvalue weighted by Gasteiger charge is -2.39. The summed E-state index contributed by atoms with van der Waals surface area (Å²) in [5.41, 5.74) is 1.23. The van der Waals surface area contributed by atoms with E-state index < -0.39 is 0 Å². The van der Waals surface area contributed by atoms with Gasteiger partial charge in [-0.2, -0.15) is 0 Å². The van der Waals surface area contributed by atoms with Crippen LogP contribution in [0.3, 0.4) is 0 Å². The Morgan fingerprint density at radius 2 is 2.40 bits per heavy atom. The van der Waals surface area contributed by atoms with Gasteiger partial charge in [0.2, 0.25) is 0 Å². The number of likely N-dealkylation sites (tertiary alicyclic amines) is 1. The van der Waals surface area contributed by atoms with Crippen LogP contribution in [0.25, 0.3) is 0 Å². The number of hydrogen-bond acceptors (Lipinski definition) is 5. The van der Waals surface area contributed by atoms with Crippen LogP contribution in [0.1, 0.15) is 43.3 Å². The van der Waals surface area contributed by atoms with Gasteiger partial charge in [-0.1, -0.05) is 0 Å². The molecule has 0 aromatic carbocycles. The lowest BCUT2D eigenvalue weighted by Crippen LogP contribution is -2.46. The highest BCUT2D eigenvalue weighted by Gasteiger charge is 2.30. The number of hydrogen-bond donors (Lipinski definition) is 1. The SMILES string of the molecule is COC1(C)CCCN(Cc2csc(CNC3CC3)n2)C1. The van der Waals surface area contributed by atoms with E-state index in [2.05, 4.69) is 22.5 Å². The van der Waals surface area contributed by atoms with Gasteiger partial charge in [-0.25, -0.2) is 4.98 Å². The Morgan fingerprint density at radius 3 is 3.15 bits per heavy atom. The summed E-state index contributed by atoms with van der Waals surface area (Å²) in [5.74, 6) is 0. The molecule has 1 aromatic heterocycles. The zero-order valence-corrected chi connectivity index (χ0v) is 13.3. The first-order valence-electron chi connectivity index (χ1n) is 7.61. The zero-order valence-electron chi connectivity index (χ0n) is 12.5. The maximum absolute atomic E-state index is 5.65. The summed E-state index contributed by atoms with van der Waals surface area (Å²) in [6, 6.07) is 0.756. The topological polar surface area (TPSA) is 37.4 Å². The van der Waals surface area contributed by atoms with Crippen LogP contribution in [0.15, 0.2) is 5.38 Å². The van der Waals surface area contributed by atoms with E-state index in [-0.39, 0.29) is 5.60 Å². The Kier molecular flexibility index (Phi) is 4.40. The average Bonchev–Trinajstić information content (AvgIpc) is 3.17. The maximum Gasteiger partial charge on any atom is 0.107 e. The first-order valence-corrected chi connectivity index (χ1v) is 8.49. The van der Waals surface area contributed by atoms with E-state index in [9.17, 15) is 0 Å². The van der Waals surface area contributed by atoms with Crippen LogP contribution in [0.4, 0.5) is 0 Å². The molecule has 2 fully saturated rings. The van der Waals surface area contributed by atoms with Crippen molar-refractivity contribution in [2.45, 2.75) is 57.3 Å². The van der Waals surface area contributed by atoms with Gasteiger partial charge < -0.3 is 10.1 Å². The van der Waals surface area contributed by atoms with Crippen molar-refractivity contribution < 1.29 is 4.74 Å². The van der Waals surface area contributed by atoms with Crippen molar-refractivity contribution in [2.24, 2.45) is 0 Å². The average molecular weight is 295 g/mol. The lowest BCUT2D eigenvalue weighted by molar-refractivity contribution is -0.0529. The van der Waals surface area contributed by atoms with Crippen LogP contribution in [-0.2, 0) is 17.8 Å². The second-order valence-electron chi connectivity index (χ2n) is 6.36. The molecule has 0 bridgehead atoms. The standard InChI is InChI=1S/C15H25N3OS/c1-15(19-2)6-3-7-18(11-15)9-13-10-20-14(17-13)8-16-12-4-5-12/h10,12,16H,3-9,11H2,1-2H3. The van der Waals surface area contributed by atoms with Crippen molar-refractivity contribution in [1.82, 2.24) is 15.2 Å². The molecule has 2 aliphatic rings. The van der Waals surface area contributed by atoms with Gasteiger partial charge in [-0.05, 0) is 39.2 Å². The number of ether oxygens (including phenoxy) is 1. The molecule has 1 unspecified atom stereocenters. The molecule has 0 amide bonds. The molecule has 20 heavy (non-hydrogen) atoms. The van der Waals surface area contributed by atoms with E-state index in [1.807, 2.05) is 7.11 Å². The molecule has 1 aromatic rings. The molecule has 1 aliphatic carbocycles. The van der Waals surface area contributed by atoms with Gasteiger partial charge in [0.05, 0.1) is 11.3 Å². The number of methoxy groups -OCH3 is 1. The van der Waals surface area contributed by atoms with Crippen molar-refractivity contribution in [3.8, 4) is 0 Å². The van der Waals surface area contributed by atoms with Gasteiger partial charge in [0.25, 0.3) is 0 Å². The molecule has 1 saturated heterocycles. The fourth-order valence-electron chi connectivity index (χ4n) is 2.86. The first-order chi connectivity index (χ1) is 9.67. The molecule has 1 saturated carbocycles. The molecule has 3 rings (SSSR count). The van der Waals surface area contributed by atoms with E-state index in [0.29, 0.717) is 0 Å². The van der Waals surface area contributed by atoms with Crippen LogP contribution in [0.5, 0.6) is 0 Å². The summed E-state index contributed by atoms with van der Waals surface area (Å²) >= 11 is 1.78.